The van der Waals surface area contributed by atoms with Gasteiger partial charge in [0.1, 0.15) is 0 Å². The monoisotopic (exact) mass is 360 g/mol. The van der Waals surface area contributed by atoms with Gasteiger partial charge < -0.3 is 10.2 Å². The third-order valence-corrected chi connectivity index (χ3v) is 5.66. The van der Waals surface area contributed by atoms with Crippen molar-refractivity contribution < 1.29 is 4.79 Å². The van der Waals surface area contributed by atoms with E-state index in [4.69, 9.17) is 0 Å². The van der Waals surface area contributed by atoms with Crippen LogP contribution in [0.5, 0.6) is 0 Å². The van der Waals surface area contributed by atoms with Crippen LogP contribution in [0.2, 0.25) is 0 Å². The Morgan fingerprint density at radius 3 is 2.42 bits per heavy atom. The van der Waals surface area contributed by atoms with Gasteiger partial charge in [-0.1, -0.05) is 20.8 Å². The van der Waals surface area contributed by atoms with Crippen molar-refractivity contribution >= 4 is 5.91 Å². The van der Waals surface area contributed by atoms with E-state index in [-0.39, 0.29) is 16.9 Å². The summed E-state index contributed by atoms with van der Waals surface area (Å²) in [7, 11) is 0. The molecule has 144 valence electrons. The Bertz CT molecular complexity index is 674. The Morgan fingerprint density at radius 1 is 1.08 bits per heavy atom. The lowest BCUT2D eigenvalue weighted by atomic mass is 9.92. The van der Waals surface area contributed by atoms with E-state index in [0.717, 1.165) is 57.7 Å². The number of rotatable bonds is 4. The van der Waals surface area contributed by atoms with E-state index < -0.39 is 0 Å². The fourth-order valence-electron chi connectivity index (χ4n) is 3.88. The highest BCUT2D eigenvalue weighted by atomic mass is 16.1. The Labute approximate surface area is 156 Å². The number of piperidine rings is 2. The van der Waals surface area contributed by atoms with E-state index in [0.29, 0.717) is 18.3 Å². The van der Waals surface area contributed by atoms with Crippen LogP contribution in [0.1, 0.15) is 52.1 Å². The molecule has 1 atom stereocenters. The van der Waals surface area contributed by atoms with Gasteiger partial charge in [0.2, 0.25) is 5.91 Å². The molecule has 0 bridgehead atoms. The number of nitrogens with zero attached hydrogens (tertiary/aromatic N) is 3. The van der Waals surface area contributed by atoms with Crippen molar-refractivity contribution in [1.82, 2.24) is 20.0 Å². The molecule has 6 heteroatoms. The molecule has 6 nitrogen and oxygen atoms in total. The van der Waals surface area contributed by atoms with Crippen molar-refractivity contribution in [2.75, 3.05) is 26.2 Å². The minimum atomic E-state index is -0.0474. The number of aromatic nitrogens is 2. The Morgan fingerprint density at radius 2 is 1.81 bits per heavy atom. The van der Waals surface area contributed by atoms with Crippen LogP contribution >= 0.6 is 0 Å². The van der Waals surface area contributed by atoms with Crippen molar-refractivity contribution in [1.29, 1.82) is 0 Å². The zero-order chi connectivity index (χ0) is 18.7. The lowest BCUT2D eigenvalue weighted by Crippen LogP contribution is -2.44. The van der Waals surface area contributed by atoms with Gasteiger partial charge in [0.15, 0.2) is 0 Å². The molecule has 0 aromatic carbocycles. The van der Waals surface area contributed by atoms with Crippen molar-refractivity contribution in [2.24, 2.45) is 11.8 Å². The number of hydrogen-bond donors (Lipinski definition) is 1. The predicted octanol–water partition coefficient (Wildman–Crippen LogP) is 1.78. The summed E-state index contributed by atoms with van der Waals surface area (Å²) in [5.41, 5.74) is 0.918. The van der Waals surface area contributed by atoms with Gasteiger partial charge in [-0.15, -0.1) is 0 Å². The summed E-state index contributed by atoms with van der Waals surface area (Å²) in [5, 5.41) is 7.58. The van der Waals surface area contributed by atoms with E-state index >= 15 is 0 Å². The largest absolute Gasteiger partial charge is 0.356 e. The molecule has 1 N–H and O–H groups in total. The molecule has 2 fully saturated rings. The first kappa shape index (κ1) is 19.1. The maximum Gasteiger partial charge on any atom is 0.266 e. The van der Waals surface area contributed by atoms with Crippen LogP contribution in [-0.2, 0) is 16.8 Å². The highest BCUT2D eigenvalue weighted by Gasteiger charge is 2.25. The molecule has 1 amide bonds. The van der Waals surface area contributed by atoms with Gasteiger partial charge in [0.05, 0.1) is 5.69 Å². The van der Waals surface area contributed by atoms with Gasteiger partial charge in [-0.2, -0.15) is 5.10 Å². The average molecular weight is 361 g/mol. The maximum absolute atomic E-state index is 12.2. The van der Waals surface area contributed by atoms with Crippen molar-refractivity contribution in [3.05, 3.63) is 28.2 Å². The first-order valence-corrected chi connectivity index (χ1v) is 9.89. The van der Waals surface area contributed by atoms with Gasteiger partial charge in [-0.3, -0.25) is 9.59 Å². The zero-order valence-electron chi connectivity index (χ0n) is 16.3. The number of amides is 1. The first-order valence-electron chi connectivity index (χ1n) is 9.89. The van der Waals surface area contributed by atoms with Gasteiger partial charge in [-0.25, -0.2) is 4.68 Å². The zero-order valence-corrected chi connectivity index (χ0v) is 16.3. The average Bonchev–Trinajstić information content (AvgIpc) is 2.59. The lowest BCUT2D eigenvalue weighted by Gasteiger charge is -2.35. The molecule has 2 aliphatic heterocycles. The Balaban J connectivity index is 1.51. The van der Waals surface area contributed by atoms with Crippen molar-refractivity contribution in [3.8, 4) is 0 Å². The summed E-state index contributed by atoms with van der Waals surface area (Å²) in [6.07, 6.45) is 3.88. The van der Waals surface area contributed by atoms with Crippen molar-refractivity contribution in [2.45, 2.75) is 58.4 Å². The number of carbonyl (C=O) groups is 1. The number of likely N-dealkylation sites (tertiary alicyclic amines) is 1. The Kier molecular flexibility index (Phi) is 5.80. The smallest absolute Gasteiger partial charge is 0.266 e. The topological polar surface area (TPSA) is 67.2 Å². The number of nitrogens with one attached hydrogen (secondary N) is 1. The quantitative estimate of drug-likeness (QED) is 0.889. The molecule has 1 unspecified atom stereocenters. The molecule has 2 saturated heterocycles. The molecule has 2 aliphatic rings. The second-order valence-electron chi connectivity index (χ2n) is 8.94. The van der Waals surface area contributed by atoms with Crippen LogP contribution in [0.3, 0.4) is 0 Å². The normalized spacial score (nSPS) is 23.0. The number of carbonyl (C=O) groups excluding carboxylic acids is 1. The molecule has 1 aromatic heterocycles. The predicted molar refractivity (Wildman–Crippen MR) is 102 cm³/mol. The summed E-state index contributed by atoms with van der Waals surface area (Å²) in [6.45, 7) is 11.1. The molecule has 3 rings (SSSR count). The molecule has 26 heavy (non-hydrogen) atoms. The molecular formula is C20H32N4O2. The van der Waals surface area contributed by atoms with Crippen molar-refractivity contribution in [3.63, 3.8) is 0 Å². The summed E-state index contributed by atoms with van der Waals surface area (Å²) in [4.78, 5) is 26.0. The second-order valence-corrected chi connectivity index (χ2v) is 8.94. The standard InChI is InChI=1S/C20H32N4O2/c1-20(2,3)17-5-7-19(26)24(22-17)14-15-8-10-23(11-9-15)13-16-4-6-18(25)21-12-16/h5,7,15-16H,4,6,8-14H2,1-3H3,(H,21,25). The minimum absolute atomic E-state index is 0.00150. The van der Waals surface area contributed by atoms with E-state index in [1.54, 1.807) is 10.7 Å². The number of hydrogen-bond acceptors (Lipinski definition) is 4. The second kappa shape index (κ2) is 7.91. The van der Waals surface area contributed by atoms with Gasteiger partial charge in [-0.05, 0) is 50.3 Å². The minimum Gasteiger partial charge on any atom is -0.356 e. The molecule has 3 heterocycles. The van der Waals surface area contributed by atoms with Crippen LogP contribution in [0, 0.1) is 11.8 Å². The Hall–Kier alpha value is -1.69. The van der Waals surface area contributed by atoms with Crippen LogP contribution in [0.4, 0.5) is 0 Å². The fraction of sp³-hybridized carbons (Fsp3) is 0.750. The van der Waals surface area contributed by atoms with Gasteiger partial charge >= 0.3 is 0 Å². The molecule has 0 radical (unpaired) electrons. The SMILES string of the molecule is CC(C)(C)c1ccc(=O)n(CC2CCN(CC3CCC(=O)NC3)CC2)n1. The summed E-state index contributed by atoms with van der Waals surface area (Å²) < 4.78 is 1.66. The van der Waals surface area contributed by atoms with E-state index in [2.05, 4.69) is 36.1 Å². The maximum atomic E-state index is 12.2. The van der Waals surface area contributed by atoms with E-state index in [1.807, 2.05) is 6.07 Å². The first-order chi connectivity index (χ1) is 12.3. The third kappa shape index (κ3) is 4.93. The van der Waals surface area contributed by atoms with Crippen LogP contribution in [-0.4, -0.2) is 46.8 Å². The van der Waals surface area contributed by atoms with E-state index in [9.17, 15) is 9.59 Å². The van der Waals surface area contributed by atoms with Gasteiger partial charge in [0.25, 0.3) is 5.56 Å². The highest BCUT2D eigenvalue weighted by Crippen LogP contribution is 2.22. The third-order valence-electron chi connectivity index (χ3n) is 5.66. The molecule has 1 aromatic rings. The van der Waals surface area contributed by atoms with Crippen LogP contribution in [0.15, 0.2) is 16.9 Å². The van der Waals surface area contributed by atoms with Crippen LogP contribution < -0.4 is 10.9 Å². The molecule has 0 saturated carbocycles. The van der Waals surface area contributed by atoms with Gasteiger partial charge in [0, 0.05) is 37.5 Å². The lowest BCUT2D eigenvalue weighted by molar-refractivity contribution is -0.123. The highest BCUT2D eigenvalue weighted by molar-refractivity contribution is 5.76. The molecule has 0 aliphatic carbocycles. The van der Waals surface area contributed by atoms with E-state index in [1.165, 1.54) is 0 Å². The summed E-state index contributed by atoms with van der Waals surface area (Å²) in [6, 6.07) is 3.50. The summed E-state index contributed by atoms with van der Waals surface area (Å²) in [5.74, 6) is 1.28. The fourth-order valence-corrected chi connectivity index (χ4v) is 3.88. The summed E-state index contributed by atoms with van der Waals surface area (Å²) >= 11 is 0. The van der Waals surface area contributed by atoms with Crippen LogP contribution in [0.25, 0.3) is 0 Å². The molecule has 0 spiro atoms. The molecular weight excluding hydrogens is 328 g/mol.